The summed E-state index contributed by atoms with van der Waals surface area (Å²) in [4.78, 5) is 12.7. The zero-order valence-corrected chi connectivity index (χ0v) is 9.18. The van der Waals surface area contributed by atoms with Crippen molar-refractivity contribution in [3.8, 4) is 0 Å². The first-order chi connectivity index (χ1) is 7.70. The van der Waals surface area contributed by atoms with Gasteiger partial charge in [0.15, 0.2) is 5.88 Å². The van der Waals surface area contributed by atoms with Gasteiger partial charge in [0.2, 0.25) is 5.76 Å². The van der Waals surface area contributed by atoms with Gasteiger partial charge in [-0.05, 0) is 12.5 Å². The number of carboxylic acid groups (broad SMARTS) is 1. The molecule has 5 heteroatoms. The molecule has 1 saturated heterocycles. The van der Waals surface area contributed by atoms with Crippen molar-refractivity contribution in [3.05, 3.63) is 17.9 Å². The lowest BCUT2D eigenvalue weighted by Gasteiger charge is -2.14. The van der Waals surface area contributed by atoms with E-state index < -0.39 is 5.97 Å². The van der Waals surface area contributed by atoms with E-state index in [2.05, 4.69) is 4.90 Å². The summed E-state index contributed by atoms with van der Waals surface area (Å²) in [5, 5.41) is 8.74. The van der Waals surface area contributed by atoms with Gasteiger partial charge in [-0.3, -0.25) is 0 Å². The minimum Gasteiger partial charge on any atom is -0.475 e. The van der Waals surface area contributed by atoms with E-state index in [4.69, 9.17) is 14.3 Å². The molecular formula is C11H15NO4. The fourth-order valence-corrected chi connectivity index (χ4v) is 2.02. The molecule has 1 aliphatic heterocycles. The lowest BCUT2D eigenvalue weighted by Crippen LogP contribution is -2.20. The van der Waals surface area contributed by atoms with Crippen LogP contribution in [-0.2, 0) is 4.74 Å². The van der Waals surface area contributed by atoms with Crippen molar-refractivity contribution in [3.63, 3.8) is 0 Å². The Morgan fingerprint density at radius 3 is 3.12 bits per heavy atom. The van der Waals surface area contributed by atoms with E-state index in [1.54, 1.807) is 13.2 Å². The van der Waals surface area contributed by atoms with Gasteiger partial charge in [-0.2, -0.15) is 0 Å². The van der Waals surface area contributed by atoms with Gasteiger partial charge in [0.1, 0.15) is 0 Å². The van der Waals surface area contributed by atoms with Crippen LogP contribution in [0, 0.1) is 5.92 Å². The van der Waals surface area contributed by atoms with E-state index in [9.17, 15) is 4.79 Å². The molecular weight excluding hydrogens is 210 g/mol. The highest BCUT2D eigenvalue weighted by Crippen LogP contribution is 2.25. The number of nitrogens with zero attached hydrogens (tertiary/aromatic N) is 1. The third kappa shape index (κ3) is 2.19. The van der Waals surface area contributed by atoms with Gasteiger partial charge >= 0.3 is 5.97 Å². The third-order valence-electron chi connectivity index (χ3n) is 2.80. The molecule has 1 unspecified atom stereocenters. The first kappa shape index (κ1) is 11.0. The van der Waals surface area contributed by atoms with Crippen molar-refractivity contribution in [1.29, 1.82) is 0 Å². The molecule has 0 bridgehead atoms. The van der Waals surface area contributed by atoms with E-state index in [1.807, 2.05) is 0 Å². The fraction of sp³-hybridized carbons (Fsp3) is 0.545. The van der Waals surface area contributed by atoms with E-state index in [1.165, 1.54) is 6.07 Å². The molecule has 1 fully saturated rings. The van der Waals surface area contributed by atoms with Crippen molar-refractivity contribution >= 4 is 11.9 Å². The Morgan fingerprint density at radius 1 is 1.69 bits per heavy atom. The Bertz CT molecular complexity index is 374. The van der Waals surface area contributed by atoms with Crippen molar-refractivity contribution in [2.45, 2.75) is 6.42 Å². The van der Waals surface area contributed by atoms with Crippen molar-refractivity contribution < 1.29 is 19.1 Å². The number of hydrogen-bond donors (Lipinski definition) is 1. The maximum atomic E-state index is 10.7. The van der Waals surface area contributed by atoms with Gasteiger partial charge in [-0.25, -0.2) is 4.79 Å². The molecule has 0 amide bonds. The Kier molecular flexibility index (Phi) is 3.14. The second kappa shape index (κ2) is 4.57. The first-order valence-electron chi connectivity index (χ1n) is 5.27. The third-order valence-corrected chi connectivity index (χ3v) is 2.80. The van der Waals surface area contributed by atoms with E-state index in [-0.39, 0.29) is 5.76 Å². The van der Waals surface area contributed by atoms with E-state index in [0.29, 0.717) is 11.8 Å². The van der Waals surface area contributed by atoms with Crippen LogP contribution >= 0.6 is 0 Å². The highest BCUT2D eigenvalue weighted by atomic mass is 16.5. The predicted octanol–water partition coefficient (Wildman–Crippen LogP) is 1.45. The lowest BCUT2D eigenvalue weighted by atomic mass is 10.1. The SMILES string of the molecule is COCC1CCN(c2ccc(C(=O)O)o2)C1. The fourth-order valence-electron chi connectivity index (χ4n) is 2.02. The van der Waals surface area contributed by atoms with Crippen LogP contribution in [0.3, 0.4) is 0 Å². The molecule has 88 valence electrons. The molecule has 16 heavy (non-hydrogen) atoms. The second-order valence-corrected chi connectivity index (χ2v) is 4.00. The van der Waals surface area contributed by atoms with Gasteiger partial charge in [0.25, 0.3) is 0 Å². The molecule has 0 saturated carbocycles. The Morgan fingerprint density at radius 2 is 2.50 bits per heavy atom. The minimum atomic E-state index is -1.03. The Labute approximate surface area is 93.6 Å². The summed E-state index contributed by atoms with van der Waals surface area (Å²) in [5.41, 5.74) is 0. The number of methoxy groups -OCH3 is 1. The molecule has 0 spiro atoms. The summed E-state index contributed by atoms with van der Waals surface area (Å²) < 4.78 is 10.3. The molecule has 1 N–H and O–H groups in total. The lowest BCUT2D eigenvalue weighted by molar-refractivity contribution is 0.0663. The molecule has 1 atom stereocenters. The summed E-state index contributed by atoms with van der Waals surface area (Å²) in [6.07, 6.45) is 1.05. The van der Waals surface area contributed by atoms with E-state index in [0.717, 1.165) is 26.1 Å². The van der Waals surface area contributed by atoms with Crippen LogP contribution in [0.15, 0.2) is 16.5 Å². The molecule has 1 aliphatic rings. The topological polar surface area (TPSA) is 62.9 Å². The normalized spacial score (nSPS) is 20.3. The van der Waals surface area contributed by atoms with Crippen molar-refractivity contribution in [2.24, 2.45) is 5.92 Å². The summed E-state index contributed by atoms with van der Waals surface area (Å²) in [5.74, 6) is 0.100. The average molecular weight is 225 g/mol. The average Bonchev–Trinajstić information content (AvgIpc) is 2.84. The maximum Gasteiger partial charge on any atom is 0.371 e. The van der Waals surface area contributed by atoms with Gasteiger partial charge < -0.3 is 19.2 Å². The van der Waals surface area contributed by atoms with Crippen LogP contribution in [0.25, 0.3) is 0 Å². The van der Waals surface area contributed by atoms with Crippen molar-refractivity contribution in [1.82, 2.24) is 0 Å². The maximum absolute atomic E-state index is 10.7. The second-order valence-electron chi connectivity index (χ2n) is 4.00. The molecule has 0 radical (unpaired) electrons. The van der Waals surface area contributed by atoms with Crippen LogP contribution in [0.4, 0.5) is 5.88 Å². The van der Waals surface area contributed by atoms with E-state index >= 15 is 0 Å². The number of carbonyl (C=O) groups is 1. The molecule has 2 rings (SSSR count). The Balaban J connectivity index is 2.00. The molecule has 2 heterocycles. The van der Waals surface area contributed by atoms with Crippen LogP contribution < -0.4 is 4.90 Å². The van der Waals surface area contributed by atoms with Gasteiger partial charge in [0, 0.05) is 32.2 Å². The number of hydrogen-bond acceptors (Lipinski definition) is 4. The molecule has 1 aromatic rings. The first-order valence-corrected chi connectivity index (χ1v) is 5.27. The van der Waals surface area contributed by atoms with Gasteiger partial charge in [-0.15, -0.1) is 0 Å². The smallest absolute Gasteiger partial charge is 0.371 e. The van der Waals surface area contributed by atoms with Crippen LogP contribution in [0.5, 0.6) is 0 Å². The highest BCUT2D eigenvalue weighted by molar-refractivity contribution is 5.84. The quantitative estimate of drug-likeness (QED) is 0.840. The number of anilines is 1. The number of furan rings is 1. The predicted molar refractivity (Wildman–Crippen MR) is 57.9 cm³/mol. The minimum absolute atomic E-state index is 0.00908. The van der Waals surface area contributed by atoms with Gasteiger partial charge in [0.05, 0.1) is 6.61 Å². The summed E-state index contributed by atoms with van der Waals surface area (Å²) in [6, 6.07) is 3.19. The number of ether oxygens (including phenoxy) is 1. The standard InChI is InChI=1S/C11H15NO4/c1-15-7-8-4-5-12(6-8)10-3-2-9(16-10)11(13)14/h2-3,8H,4-7H2,1H3,(H,13,14). The largest absolute Gasteiger partial charge is 0.475 e. The molecule has 5 nitrogen and oxygen atoms in total. The van der Waals surface area contributed by atoms with Crippen LogP contribution in [0.2, 0.25) is 0 Å². The summed E-state index contributed by atoms with van der Waals surface area (Å²) >= 11 is 0. The number of aromatic carboxylic acids is 1. The highest BCUT2D eigenvalue weighted by Gasteiger charge is 2.25. The zero-order chi connectivity index (χ0) is 11.5. The molecule has 0 aromatic carbocycles. The number of carboxylic acids is 1. The Hall–Kier alpha value is -1.49. The molecule has 0 aliphatic carbocycles. The van der Waals surface area contributed by atoms with Crippen molar-refractivity contribution in [2.75, 3.05) is 31.7 Å². The monoisotopic (exact) mass is 225 g/mol. The number of rotatable bonds is 4. The summed E-state index contributed by atoms with van der Waals surface area (Å²) in [6.45, 7) is 2.49. The molecule has 1 aromatic heterocycles. The van der Waals surface area contributed by atoms with Crippen LogP contribution in [-0.4, -0.2) is 37.9 Å². The van der Waals surface area contributed by atoms with Crippen LogP contribution in [0.1, 0.15) is 17.0 Å². The zero-order valence-electron chi connectivity index (χ0n) is 9.18. The summed E-state index contributed by atoms with van der Waals surface area (Å²) in [7, 11) is 1.69. The van der Waals surface area contributed by atoms with Gasteiger partial charge in [-0.1, -0.05) is 0 Å².